The van der Waals surface area contributed by atoms with E-state index in [0.29, 0.717) is 29.3 Å². The molecule has 6 heteroatoms. The third-order valence-corrected chi connectivity index (χ3v) is 3.14. The first-order valence-corrected chi connectivity index (χ1v) is 6.94. The maximum atomic E-state index is 11.9. The summed E-state index contributed by atoms with van der Waals surface area (Å²) in [6.45, 7) is 3.42. The van der Waals surface area contributed by atoms with E-state index in [4.69, 9.17) is 9.52 Å². The highest BCUT2D eigenvalue weighted by Gasteiger charge is 2.22. The number of amides is 1. The molecule has 0 spiro atoms. The summed E-state index contributed by atoms with van der Waals surface area (Å²) in [4.78, 5) is 22.9. The molecular formula is C12H17NO4S. The molecule has 100 valence electrons. The SMILES string of the molecule is CSCC[C@@H](NC(=O)c1cc(C)oc1C)C(=O)O. The topological polar surface area (TPSA) is 79.5 Å². The van der Waals surface area contributed by atoms with Gasteiger partial charge in [-0.15, -0.1) is 0 Å². The van der Waals surface area contributed by atoms with Crippen molar-refractivity contribution in [2.45, 2.75) is 26.3 Å². The van der Waals surface area contributed by atoms with Gasteiger partial charge >= 0.3 is 5.97 Å². The number of hydrogen-bond acceptors (Lipinski definition) is 4. The quantitative estimate of drug-likeness (QED) is 0.825. The van der Waals surface area contributed by atoms with Gasteiger partial charge in [0.25, 0.3) is 5.91 Å². The molecular weight excluding hydrogens is 254 g/mol. The fraction of sp³-hybridized carbons (Fsp3) is 0.500. The van der Waals surface area contributed by atoms with Crippen molar-refractivity contribution >= 4 is 23.6 Å². The lowest BCUT2D eigenvalue weighted by Crippen LogP contribution is -2.41. The van der Waals surface area contributed by atoms with Crippen LogP contribution in [-0.4, -0.2) is 35.0 Å². The number of carboxylic acid groups (broad SMARTS) is 1. The molecule has 1 aromatic rings. The average Bonchev–Trinajstić information content (AvgIpc) is 2.63. The molecule has 18 heavy (non-hydrogen) atoms. The monoisotopic (exact) mass is 271 g/mol. The number of aliphatic carboxylic acids is 1. The number of furan rings is 1. The summed E-state index contributed by atoms with van der Waals surface area (Å²) in [6.07, 6.45) is 2.29. The summed E-state index contributed by atoms with van der Waals surface area (Å²) in [6, 6.07) is 0.748. The summed E-state index contributed by atoms with van der Waals surface area (Å²) in [7, 11) is 0. The Labute approximate surface area is 110 Å². The lowest BCUT2D eigenvalue weighted by atomic mass is 10.2. The van der Waals surface area contributed by atoms with Gasteiger partial charge in [0, 0.05) is 0 Å². The van der Waals surface area contributed by atoms with E-state index in [1.165, 1.54) is 0 Å². The molecule has 1 aromatic heterocycles. The zero-order chi connectivity index (χ0) is 13.7. The molecule has 1 heterocycles. The molecule has 0 radical (unpaired) electrons. The van der Waals surface area contributed by atoms with Crippen LogP contribution in [0.5, 0.6) is 0 Å². The van der Waals surface area contributed by atoms with Crippen molar-refractivity contribution in [1.29, 1.82) is 0 Å². The van der Waals surface area contributed by atoms with Crippen LogP contribution in [0.1, 0.15) is 28.3 Å². The summed E-state index contributed by atoms with van der Waals surface area (Å²) in [5, 5.41) is 11.5. The van der Waals surface area contributed by atoms with Crippen LogP contribution in [0.15, 0.2) is 10.5 Å². The van der Waals surface area contributed by atoms with Gasteiger partial charge in [-0.1, -0.05) is 0 Å². The van der Waals surface area contributed by atoms with Gasteiger partial charge < -0.3 is 14.8 Å². The van der Waals surface area contributed by atoms with Crippen LogP contribution in [0.25, 0.3) is 0 Å². The van der Waals surface area contributed by atoms with Crippen molar-refractivity contribution in [3.63, 3.8) is 0 Å². The molecule has 0 saturated carbocycles. The number of hydrogen-bond donors (Lipinski definition) is 2. The van der Waals surface area contributed by atoms with Gasteiger partial charge in [0.1, 0.15) is 17.6 Å². The maximum absolute atomic E-state index is 11.9. The van der Waals surface area contributed by atoms with E-state index in [2.05, 4.69) is 5.32 Å². The second-order valence-electron chi connectivity index (χ2n) is 3.97. The third-order valence-electron chi connectivity index (χ3n) is 2.50. The predicted molar refractivity (Wildman–Crippen MR) is 70.1 cm³/mol. The number of nitrogens with one attached hydrogen (secondary N) is 1. The second-order valence-corrected chi connectivity index (χ2v) is 4.96. The molecule has 0 saturated heterocycles. The van der Waals surface area contributed by atoms with E-state index in [1.807, 2.05) is 6.26 Å². The minimum absolute atomic E-state index is 0.392. The van der Waals surface area contributed by atoms with Crippen LogP contribution >= 0.6 is 11.8 Å². The number of carbonyl (C=O) groups excluding carboxylic acids is 1. The highest BCUT2D eigenvalue weighted by molar-refractivity contribution is 7.98. The van der Waals surface area contributed by atoms with Crippen LogP contribution in [-0.2, 0) is 4.79 Å². The number of aryl methyl sites for hydroxylation is 2. The van der Waals surface area contributed by atoms with Crippen molar-refractivity contribution in [3.8, 4) is 0 Å². The lowest BCUT2D eigenvalue weighted by Gasteiger charge is -2.13. The molecule has 0 aliphatic rings. The normalized spacial score (nSPS) is 12.2. The zero-order valence-corrected chi connectivity index (χ0v) is 11.5. The molecule has 1 amide bonds. The van der Waals surface area contributed by atoms with E-state index in [1.54, 1.807) is 31.7 Å². The fourth-order valence-electron chi connectivity index (χ4n) is 1.59. The highest BCUT2D eigenvalue weighted by atomic mass is 32.2. The van der Waals surface area contributed by atoms with Crippen molar-refractivity contribution in [3.05, 3.63) is 23.2 Å². The molecule has 0 unspecified atom stereocenters. The smallest absolute Gasteiger partial charge is 0.326 e. The molecule has 0 aliphatic carbocycles. The zero-order valence-electron chi connectivity index (χ0n) is 10.6. The first kappa shape index (κ1) is 14.6. The number of thioether (sulfide) groups is 1. The van der Waals surface area contributed by atoms with Crippen LogP contribution in [0.2, 0.25) is 0 Å². The Morgan fingerprint density at radius 2 is 2.17 bits per heavy atom. The maximum Gasteiger partial charge on any atom is 0.326 e. The van der Waals surface area contributed by atoms with Gasteiger partial charge in [0.05, 0.1) is 5.56 Å². The molecule has 0 fully saturated rings. The minimum atomic E-state index is -1.02. The van der Waals surface area contributed by atoms with Gasteiger partial charge in [0.15, 0.2) is 0 Å². The van der Waals surface area contributed by atoms with Gasteiger partial charge in [-0.3, -0.25) is 4.79 Å². The molecule has 0 aromatic carbocycles. The molecule has 1 rings (SSSR count). The Balaban J connectivity index is 2.72. The molecule has 1 atom stereocenters. The minimum Gasteiger partial charge on any atom is -0.480 e. The molecule has 0 bridgehead atoms. The van der Waals surface area contributed by atoms with Crippen molar-refractivity contribution < 1.29 is 19.1 Å². The van der Waals surface area contributed by atoms with E-state index < -0.39 is 17.9 Å². The average molecular weight is 271 g/mol. The Hall–Kier alpha value is -1.43. The van der Waals surface area contributed by atoms with E-state index in [0.717, 1.165) is 0 Å². The summed E-state index contributed by atoms with van der Waals surface area (Å²) in [5.41, 5.74) is 0.392. The van der Waals surface area contributed by atoms with Gasteiger partial charge in [-0.2, -0.15) is 11.8 Å². The van der Waals surface area contributed by atoms with E-state index in [9.17, 15) is 9.59 Å². The Morgan fingerprint density at radius 1 is 1.50 bits per heavy atom. The van der Waals surface area contributed by atoms with Crippen molar-refractivity contribution in [1.82, 2.24) is 5.32 Å². The van der Waals surface area contributed by atoms with Gasteiger partial charge in [-0.25, -0.2) is 4.79 Å². The second kappa shape index (κ2) is 6.49. The van der Waals surface area contributed by atoms with E-state index >= 15 is 0 Å². The van der Waals surface area contributed by atoms with Crippen LogP contribution in [0.3, 0.4) is 0 Å². The number of rotatable bonds is 6. The van der Waals surface area contributed by atoms with Gasteiger partial charge in [-0.05, 0) is 38.3 Å². The first-order valence-electron chi connectivity index (χ1n) is 5.55. The Bertz CT molecular complexity index is 441. The van der Waals surface area contributed by atoms with Crippen LogP contribution < -0.4 is 5.32 Å². The Kier molecular flexibility index (Phi) is 5.27. The predicted octanol–water partition coefficient (Wildman–Crippen LogP) is 1.83. The Morgan fingerprint density at radius 3 is 2.61 bits per heavy atom. The molecule has 2 N–H and O–H groups in total. The first-order chi connectivity index (χ1) is 8.45. The largest absolute Gasteiger partial charge is 0.480 e. The molecule has 5 nitrogen and oxygen atoms in total. The van der Waals surface area contributed by atoms with Crippen LogP contribution in [0, 0.1) is 13.8 Å². The summed E-state index contributed by atoms with van der Waals surface area (Å²) < 4.78 is 5.25. The standard InChI is InChI=1S/C12H17NO4S/c1-7-6-9(8(2)17-7)11(14)13-10(12(15)16)4-5-18-3/h6,10H,4-5H2,1-3H3,(H,13,14)(H,15,16)/t10-/m1/s1. The van der Waals surface area contributed by atoms with Crippen LogP contribution in [0.4, 0.5) is 0 Å². The molecule has 0 aliphatic heterocycles. The number of carboxylic acids is 1. The highest BCUT2D eigenvalue weighted by Crippen LogP contribution is 2.14. The van der Waals surface area contributed by atoms with Gasteiger partial charge in [0.2, 0.25) is 0 Å². The fourth-order valence-corrected chi connectivity index (χ4v) is 2.06. The third kappa shape index (κ3) is 3.80. The van der Waals surface area contributed by atoms with E-state index in [-0.39, 0.29) is 0 Å². The summed E-state index contributed by atoms with van der Waals surface area (Å²) in [5.74, 6) is 0.390. The summed E-state index contributed by atoms with van der Waals surface area (Å²) >= 11 is 1.54. The van der Waals surface area contributed by atoms with Crippen molar-refractivity contribution in [2.24, 2.45) is 0 Å². The number of carbonyl (C=O) groups is 2. The van der Waals surface area contributed by atoms with Crippen molar-refractivity contribution in [2.75, 3.05) is 12.0 Å². The lowest BCUT2D eigenvalue weighted by molar-refractivity contribution is -0.139.